The van der Waals surface area contributed by atoms with E-state index in [1.54, 1.807) is 42.6 Å². The average molecular weight is 229 g/mol. The smallest absolute Gasteiger partial charge is 0.229 e. The van der Waals surface area contributed by atoms with Crippen LogP contribution in [0.3, 0.4) is 0 Å². The van der Waals surface area contributed by atoms with Crippen LogP contribution in [0, 0.1) is 0 Å². The van der Waals surface area contributed by atoms with E-state index in [1.807, 2.05) is 0 Å². The first-order valence-electron chi connectivity index (χ1n) is 5.11. The lowest BCUT2D eigenvalue weighted by Gasteiger charge is -2.06. The Morgan fingerprint density at radius 3 is 2.65 bits per heavy atom. The summed E-state index contributed by atoms with van der Waals surface area (Å²) >= 11 is 0. The van der Waals surface area contributed by atoms with Crippen molar-refractivity contribution in [2.45, 2.75) is 6.61 Å². The van der Waals surface area contributed by atoms with Crippen LogP contribution in [-0.2, 0) is 6.61 Å². The number of aldehydes is 1. The first kappa shape index (κ1) is 11.3. The van der Waals surface area contributed by atoms with E-state index in [4.69, 9.17) is 9.84 Å². The van der Waals surface area contributed by atoms with E-state index in [9.17, 15) is 4.79 Å². The zero-order valence-electron chi connectivity index (χ0n) is 9.04. The molecule has 0 saturated heterocycles. The van der Waals surface area contributed by atoms with Crippen molar-refractivity contribution >= 4 is 6.29 Å². The van der Waals surface area contributed by atoms with Gasteiger partial charge in [0.2, 0.25) is 5.88 Å². The van der Waals surface area contributed by atoms with E-state index in [2.05, 4.69) is 4.98 Å². The summed E-state index contributed by atoms with van der Waals surface area (Å²) in [4.78, 5) is 14.7. The highest BCUT2D eigenvalue weighted by atomic mass is 16.5. The molecule has 0 bridgehead atoms. The van der Waals surface area contributed by atoms with Gasteiger partial charge in [-0.1, -0.05) is 12.1 Å². The topological polar surface area (TPSA) is 59.4 Å². The van der Waals surface area contributed by atoms with Gasteiger partial charge in [-0.3, -0.25) is 4.79 Å². The molecule has 2 rings (SSSR count). The van der Waals surface area contributed by atoms with Crippen LogP contribution in [-0.4, -0.2) is 16.4 Å². The van der Waals surface area contributed by atoms with Crippen LogP contribution in [0.15, 0.2) is 42.6 Å². The molecule has 0 aliphatic carbocycles. The summed E-state index contributed by atoms with van der Waals surface area (Å²) < 4.78 is 5.48. The van der Waals surface area contributed by atoms with E-state index in [0.29, 0.717) is 17.6 Å². The SMILES string of the molecule is O=Cc1cccnc1Oc1ccc(CO)cc1. The predicted octanol–water partition coefficient (Wildman–Crippen LogP) is 2.18. The number of carbonyl (C=O) groups excluding carboxylic acids is 1. The minimum absolute atomic E-state index is 0.0105. The molecule has 0 aliphatic rings. The Hall–Kier alpha value is -2.20. The van der Waals surface area contributed by atoms with Gasteiger partial charge in [-0.25, -0.2) is 4.98 Å². The standard InChI is InChI=1S/C13H11NO3/c15-8-10-3-5-12(6-4-10)17-13-11(9-16)2-1-7-14-13/h1-7,9,15H,8H2. The zero-order chi connectivity index (χ0) is 12.1. The maximum absolute atomic E-state index is 10.8. The quantitative estimate of drug-likeness (QED) is 0.816. The number of aromatic nitrogens is 1. The highest BCUT2D eigenvalue weighted by Gasteiger charge is 2.04. The van der Waals surface area contributed by atoms with Crippen molar-refractivity contribution in [1.29, 1.82) is 0 Å². The van der Waals surface area contributed by atoms with Crippen LogP contribution >= 0.6 is 0 Å². The maximum Gasteiger partial charge on any atom is 0.229 e. The highest BCUT2D eigenvalue weighted by Crippen LogP contribution is 2.22. The number of pyridine rings is 1. The van der Waals surface area contributed by atoms with Gasteiger partial charge in [-0.15, -0.1) is 0 Å². The molecule has 1 heterocycles. The number of ether oxygens (including phenoxy) is 1. The molecule has 0 atom stereocenters. The molecule has 0 spiro atoms. The van der Waals surface area contributed by atoms with Crippen molar-refractivity contribution in [2.75, 3.05) is 0 Å². The van der Waals surface area contributed by atoms with Gasteiger partial charge in [0.05, 0.1) is 12.2 Å². The zero-order valence-corrected chi connectivity index (χ0v) is 9.04. The molecule has 0 fully saturated rings. The van der Waals surface area contributed by atoms with Crippen LogP contribution in [0.2, 0.25) is 0 Å². The van der Waals surface area contributed by atoms with Gasteiger partial charge in [0.1, 0.15) is 5.75 Å². The van der Waals surface area contributed by atoms with Crippen LogP contribution in [0.4, 0.5) is 0 Å². The molecule has 86 valence electrons. The van der Waals surface area contributed by atoms with Crippen LogP contribution in [0.5, 0.6) is 11.6 Å². The molecule has 4 nitrogen and oxygen atoms in total. The fourth-order valence-corrected chi connectivity index (χ4v) is 1.35. The largest absolute Gasteiger partial charge is 0.438 e. The third-order valence-corrected chi connectivity index (χ3v) is 2.25. The van der Waals surface area contributed by atoms with Gasteiger partial charge in [0, 0.05) is 6.20 Å². The van der Waals surface area contributed by atoms with Crippen LogP contribution in [0.1, 0.15) is 15.9 Å². The van der Waals surface area contributed by atoms with Gasteiger partial charge in [-0.05, 0) is 29.8 Å². The summed E-state index contributed by atoms with van der Waals surface area (Å²) in [7, 11) is 0. The van der Waals surface area contributed by atoms with Crippen molar-refractivity contribution in [2.24, 2.45) is 0 Å². The Morgan fingerprint density at radius 2 is 2.00 bits per heavy atom. The lowest BCUT2D eigenvalue weighted by Crippen LogP contribution is -1.93. The molecule has 0 saturated carbocycles. The Bertz CT molecular complexity index is 508. The van der Waals surface area contributed by atoms with Gasteiger partial charge >= 0.3 is 0 Å². The third kappa shape index (κ3) is 2.68. The number of rotatable bonds is 4. The van der Waals surface area contributed by atoms with Crippen LogP contribution in [0.25, 0.3) is 0 Å². The summed E-state index contributed by atoms with van der Waals surface area (Å²) in [6, 6.07) is 10.2. The Balaban J connectivity index is 2.22. The van der Waals surface area contributed by atoms with E-state index >= 15 is 0 Å². The predicted molar refractivity (Wildman–Crippen MR) is 62.1 cm³/mol. The second-order valence-corrected chi connectivity index (χ2v) is 3.42. The van der Waals surface area contributed by atoms with Crippen molar-refractivity contribution in [3.8, 4) is 11.6 Å². The Labute approximate surface area is 98.5 Å². The molecule has 2 aromatic rings. The normalized spacial score (nSPS) is 9.94. The molecule has 1 aromatic carbocycles. The molecule has 0 aliphatic heterocycles. The fraction of sp³-hybridized carbons (Fsp3) is 0.0769. The number of benzene rings is 1. The molecule has 0 unspecified atom stereocenters. The monoisotopic (exact) mass is 229 g/mol. The molecule has 1 aromatic heterocycles. The molecule has 4 heteroatoms. The third-order valence-electron chi connectivity index (χ3n) is 2.25. The summed E-state index contributed by atoms with van der Waals surface area (Å²) in [5, 5.41) is 8.90. The molecule has 17 heavy (non-hydrogen) atoms. The van der Waals surface area contributed by atoms with Crippen molar-refractivity contribution in [3.63, 3.8) is 0 Å². The molecule has 0 radical (unpaired) electrons. The molecule has 1 N–H and O–H groups in total. The number of hydrogen-bond acceptors (Lipinski definition) is 4. The summed E-state index contributed by atoms with van der Waals surface area (Å²) in [6.07, 6.45) is 2.26. The Kier molecular flexibility index (Phi) is 3.47. The van der Waals surface area contributed by atoms with Gasteiger partial charge in [0.25, 0.3) is 0 Å². The Morgan fingerprint density at radius 1 is 1.24 bits per heavy atom. The second kappa shape index (κ2) is 5.23. The molecular weight excluding hydrogens is 218 g/mol. The van der Waals surface area contributed by atoms with Crippen LogP contribution < -0.4 is 4.74 Å². The fourth-order valence-electron chi connectivity index (χ4n) is 1.35. The lowest BCUT2D eigenvalue weighted by molar-refractivity contribution is 0.112. The van der Waals surface area contributed by atoms with E-state index < -0.39 is 0 Å². The minimum Gasteiger partial charge on any atom is -0.438 e. The minimum atomic E-state index is -0.0105. The average Bonchev–Trinajstić information content (AvgIpc) is 2.40. The van der Waals surface area contributed by atoms with Gasteiger partial charge in [0.15, 0.2) is 6.29 Å². The van der Waals surface area contributed by atoms with Gasteiger partial charge in [-0.2, -0.15) is 0 Å². The van der Waals surface area contributed by atoms with Crippen molar-refractivity contribution < 1.29 is 14.6 Å². The second-order valence-electron chi connectivity index (χ2n) is 3.42. The molecule has 0 amide bonds. The first-order chi connectivity index (χ1) is 8.33. The lowest BCUT2D eigenvalue weighted by atomic mass is 10.2. The maximum atomic E-state index is 10.8. The number of carbonyl (C=O) groups is 1. The number of nitrogens with zero attached hydrogens (tertiary/aromatic N) is 1. The number of aliphatic hydroxyl groups excluding tert-OH is 1. The van der Waals surface area contributed by atoms with Crippen molar-refractivity contribution in [3.05, 3.63) is 53.7 Å². The van der Waals surface area contributed by atoms with Crippen molar-refractivity contribution in [1.82, 2.24) is 4.98 Å². The van der Waals surface area contributed by atoms with E-state index in [1.165, 1.54) is 0 Å². The van der Waals surface area contributed by atoms with Gasteiger partial charge < -0.3 is 9.84 Å². The van der Waals surface area contributed by atoms with E-state index in [0.717, 1.165) is 5.56 Å². The number of aliphatic hydroxyl groups is 1. The number of hydrogen-bond donors (Lipinski definition) is 1. The summed E-state index contributed by atoms with van der Waals surface area (Å²) in [5.41, 5.74) is 1.20. The molecular formula is C13H11NO3. The summed E-state index contributed by atoms with van der Waals surface area (Å²) in [6.45, 7) is -0.0105. The first-order valence-corrected chi connectivity index (χ1v) is 5.11. The van der Waals surface area contributed by atoms with E-state index in [-0.39, 0.29) is 12.5 Å². The summed E-state index contributed by atoms with van der Waals surface area (Å²) in [5.74, 6) is 0.850. The highest BCUT2D eigenvalue weighted by molar-refractivity contribution is 5.78.